The quantitative estimate of drug-likeness (QED) is 0.880. The number of amides is 1. The Kier molecular flexibility index (Phi) is 5.08. The van der Waals surface area contributed by atoms with E-state index >= 15 is 0 Å². The minimum absolute atomic E-state index is 0.117. The molecule has 0 bridgehead atoms. The number of hydrogen-bond donors (Lipinski definition) is 1. The van der Waals surface area contributed by atoms with Crippen molar-refractivity contribution < 1.29 is 9.53 Å². The summed E-state index contributed by atoms with van der Waals surface area (Å²) in [4.78, 5) is 12.3. The summed E-state index contributed by atoms with van der Waals surface area (Å²) in [5, 5.41) is 14.0. The maximum Gasteiger partial charge on any atom is 0.251 e. The average Bonchev–Trinajstić information content (AvgIpc) is 2.99. The van der Waals surface area contributed by atoms with Crippen LogP contribution in [0.4, 0.5) is 0 Å². The van der Waals surface area contributed by atoms with Crippen molar-refractivity contribution in [2.75, 3.05) is 7.11 Å². The van der Waals surface area contributed by atoms with Crippen LogP contribution in [-0.4, -0.2) is 39.3 Å². The van der Waals surface area contributed by atoms with Crippen LogP contribution in [0.2, 0.25) is 0 Å². The van der Waals surface area contributed by atoms with Crippen LogP contribution < -0.4 is 10.1 Å². The number of hydrogen-bond acceptors (Lipinski definition) is 5. The van der Waals surface area contributed by atoms with Crippen molar-refractivity contribution in [3.8, 4) is 11.4 Å². The standard InChI is InChI=1S/C15H21N5O2/c1-10(2)7-11(3)17-15(21)12-5-6-14(22-4)13(8-12)20-9-16-18-19-20/h5-6,8-11H,7H2,1-4H3,(H,17,21)/t11-/m1/s1. The van der Waals surface area contributed by atoms with E-state index in [1.54, 1.807) is 25.3 Å². The SMILES string of the molecule is COc1ccc(C(=O)N[C@H](C)CC(C)C)cc1-n1cnnn1. The molecule has 2 aromatic rings. The van der Waals surface area contributed by atoms with Crippen LogP contribution in [0.5, 0.6) is 5.75 Å². The van der Waals surface area contributed by atoms with Gasteiger partial charge in [-0.2, -0.15) is 4.68 Å². The van der Waals surface area contributed by atoms with Gasteiger partial charge in [0.05, 0.1) is 7.11 Å². The molecule has 1 aromatic carbocycles. The lowest BCUT2D eigenvalue weighted by atomic mass is 10.0. The number of aromatic nitrogens is 4. The number of ether oxygens (including phenoxy) is 1. The van der Waals surface area contributed by atoms with Crippen LogP contribution in [0.25, 0.3) is 5.69 Å². The third-order valence-corrected chi connectivity index (χ3v) is 3.24. The summed E-state index contributed by atoms with van der Waals surface area (Å²) in [6, 6.07) is 5.29. The zero-order valence-corrected chi connectivity index (χ0v) is 13.3. The van der Waals surface area contributed by atoms with Gasteiger partial charge in [-0.3, -0.25) is 4.79 Å². The van der Waals surface area contributed by atoms with Gasteiger partial charge in [0, 0.05) is 11.6 Å². The van der Waals surface area contributed by atoms with Gasteiger partial charge in [-0.25, -0.2) is 0 Å². The molecule has 7 heteroatoms. The molecule has 0 unspecified atom stereocenters. The second-order valence-corrected chi connectivity index (χ2v) is 5.65. The number of nitrogens with zero attached hydrogens (tertiary/aromatic N) is 4. The van der Waals surface area contributed by atoms with Gasteiger partial charge in [-0.05, 0) is 47.9 Å². The molecule has 118 valence electrons. The highest BCUT2D eigenvalue weighted by Gasteiger charge is 2.15. The summed E-state index contributed by atoms with van der Waals surface area (Å²) in [6.07, 6.45) is 2.39. The summed E-state index contributed by atoms with van der Waals surface area (Å²) in [5.41, 5.74) is 1.17. The van der Waals surface area contributed by atoms with Gasteiger partial charge >= 0.3 is 0 Å². The van der Waals surface area contributed by atoms with E-state index in [1.165, 1.54) is 11.0 Å². The van der Waals surface area contributed by atoms with Gasteiger partial charge in [0.2, 0.25) is 0 Å². The van der Waals surface area contributed by atoms with Crippen molar-refractivity contribution in [1.29, 1.82) is 0 Å². The molecule has 1 N–H and O–H groups in total. The first-order valence-electron chi connectivity index (χ1n) is 7.23. The Morgan fingerprint density at radius 1 is 1.36 bits per heavy atom. The zero-order chi connectivity index (χ0) is 16.1. The molecule has 0 radical (unpaired) electrons. The Hall–Kier alpha value is -2.44. The van der Waals surface area contributed by atoms with E-state index in [1.807, 2.05) is 6.92 Å². The molecule has 0 spiro atoms. The number of tetrazole rings is 1. The Morgan fingerprint density at radius 2 is 2.14 bits per heavy atom. The maximum atomic E-state index is 12.3. The van der Waals surface area contributed by atoms with Crippen LogP contribution in [0.15, 0.2) is 24.5 Å². The van der Waals surface area contributed by atoms with Crippen molar-refractivity contribution in [1.82, 2.24) is 25.5 Å². The number of rotatable bonds is 6. The molecule has 0 aliphatic heterocycles. The highest BCUT2D eigenvalue weighted by Crippen LogP contribution is 2.23. The molecular weight excluding hydrogens is 282 g/mol. The highest BCUT2D eigenvalue weighted by atomic mass is 16.5. The fourth-order valence-electron chi connectivity index (χ4n) is 2.36. The first-order valence-corrected chi connectivity index (χ1v) is 7.23. The summed E-state index contributed by atoms with van der Waals surface area (Å²) in [5.74, 6) is 1.01. The van der Waals surface area contributed by atoms with Gasteiger partial charge in [0.15, 0.2) is 0 Å². The topological polar surface area (TPSA) is 81.9 Å². The molecule has 1 heterocycles. The molecular formula is C15H21N5O2. The third-order valence-electron chi connectivity index (χ3n) is 3.24. The highest BCUT2D eigenvalue weighted by molar-refractivity contribution is 5.95. The van der Waals surface area contributed by atoms with E-state index < -0.39 is 0 Å². The first kappa shape index (κ1) is 15.9. The van der Waals surface area contributed by atoms with Crippen molar-refractivity contribution in [2.24, 2.45) is 5.92 Å². The van der Waals surface area contributed by atoms with Crippen molar-refractivity contribution in [2.45, 2.75) is 33.2 Å². The van der Waals surface area contributed by atoms with Crippen LogP contribution >= 0.6 is 0 Å². The van der Waals surface area contributed by atoms with Gasteiger partial charge in [0.1, 0.15) is 17.8 Å². The summed E-state index contributed by atoms with van der Waals surface area (Å²) < 4.78 is 6.75. The molecule has 22 heavy (non-hydrogen) atoms. The fraction of sp³-hybridized carbons (Fsp3) is 0.467. The lowest BCUT2D eigenvalue weighted by Crippen LogP contribution is -2.33. The second-order valence-electron chi connectivity index (χ2n) is 5.65. The number of nitrogens with one attached hydrogen (secondary N) is 1. The van der Waals surface area contributed by atoms with Crippen molar-refractivity contribution in [3.63, 3.8) is 0 Å². The van der Waals surface area contributed by atoms with Crippen LogP contribution in [0.3, 0.4) is 0 Å². The average molecular weight is 303 g/mol. The van der Waals surface area contributed by atoms with E-state index in [-0.39, 0.29) is 11.9 Å². The maximum absolute atomic E-state index is 12.3. The fourth-order valence-corrected chi connectivity index (χ4v) is 2.36. The molecule has 2 rings (SSSR count). The van der Waals surface area contributed by atoms with E-state index in [2.05, 4.69) is 34.7 Å². The van der Waals surface area contributed by atoms with Gasteiger partial charge < -0.3 is 10.1 Å². The third kappa shape index (κ3) is 3.81. The predicted octanol–water partition coefficient (Wildman–Crippen LogP) is 1.84. The molecule has 0 aliphatic carbocycles. The molecule has 1 aromatic heterocycles. The molecule has 1 atom stereocenters. The first-order chi connectivity index (χ1) is 10.5. The molecule has 0 fully saturated rings. The van der Waals surface area contributed by atoms with Gasteiger partial charge in [0.25, 0.3) is 5.91 Å². The molecule has 0 aliphatic rings. The lowest BCUT2D eigenvalue weighted by molar-refractivity contribution is 0.0936. The Balaban J connectivity index is 2.22. The van der Waals surface area contributed by atoms with Crippen LogP contribution in [0, 0.1) is 5.92 Å². The summed E-state index contributed by atoms with van der Waals surface area (Å²) in [6.45, 7) is 6.27. The number of carbonyl (C=O) groups is 1. The van der Waals surface area contributed by atoms with Gasteiger partial charge in [-0.15, -0.1) is 5.10 Å². The van der Waals surface area contributed by atoms with E-state index in [4.69, 9.17) is 4.74 Å². The smallest absolute Gasteiger partial charge is 0.251 e. The van der Waals surface area contributed by atoms with E-state index in [0.717, 1.165) is 6.42 Å². The number of benzene rings is 1. The largest absolute Gasteiger partial charge is 0.494 e. The zero-order valence-electron chi connectivity index (χ0n) is 13.3. The number of carbonyl (C=O) groups excluding carboxylic acids is 1. The van der Waals surface area contributed by atoms with Crippen molar-refractivity contribution >= 4 is 5.91 Å². The number of methoxy groups -OCH3 is 1. The monoisotopic (exact) mass is 303 g/mol. The Labute approximate surface area is 129 Å². The predicted molar refractivity (Wildman–Crippen MR) is 82.1 cm³/mol. The lowest BCUT2D eigenvalue weighted by Gasteiger charge is -2.16. The van der Waals surface area contributed by atoms with Crippen LogP contribution in [0.1, 0.15) is 37.6 Å². The molecule has 1 amide bonds. The minimum atomic E-state index is -0.120. The van der Waals surface area contributed by atoms with Crippen LogP contribution in [-0.2, 0) is 0 Å². The second kappa shape index (κ2) is 7.02. The Morgan fingerprint density at radius 3 is 2.73 bits per heavy atom. The minimum Gasteiger partial charge on any atom is -0.494 e. The van der Waals surface area contributed by atoms with Crippen molar-refractivity contribution in [3.05, 3.63) is 30.1 Å². The molecule has 0 saturated heterocycles. The van der Waals surface area contributed by atoms with E-state index in [9.17, 15) is 4.79 Å². The summed E-state index contributed by atoms with van der Waals surface area (Å²) >= 11 is 0. The summed E-state index contributed by atoms with van der Waals surface area (Å²) in [7, 11) is 1.56. The molecule has 7 nitrogen and oxygen atoms in total. The molecule has 0 saturated carbocycles. The van der Waals surface area contributed by atoms with Gasteiger partial charge in [-0.1, -0.05) is 13.8 Å². The van der Waals surface area contributed by atoms with E-state index in [0.29, 0.717) is 22.9 Å². The normalized spacial score (nSPS) is 12.2. The Bertz CT molecular complexity index is 625.